The van der Waals surface area contributed by atoms with E-state index in [1.807, 2.05) is 9.44 Å². The first kappa shape index (κ1) is 96.6. The number of pyridine rings is 6. The molecular formula is C92H119Cl2N19O15S3. The number of rotatable bonds is 34. The summed E-state index contributed by atoms with van der Waals surface area (Å²) in [6, 6.07) is 27.7. The number of carbonyl (C=O) groups is 4. The molecule has 2 aliphatic heterocycles. The van der Waals surface area contributed by atoms with Gasteiger partial charge >= 0.3 is 0 Å². The maximum absolute atomic E-state index is 13.6. The predicted octanol–water partition coefficient (Wildman–Crippen LogP) is 14.5. The van der Waals surface area contributed by atoms with E-state index in [1.54, 1.807) is 90.0 Å². The second-order valence-corrected chi connectivity index (χ2v) is 44.9. The van der Waals surface area contributed by atoms with Crippen LogP contribution in [-0.4, -0.2) is 182 Å². The molecule has 3 amide bonds. The van der Waals surface area contributed by atoms with Crippen LogP contribution < -0.4 is 49.2 Å². The van der Waals surface area contributed by atoms with Crippen LogP contribution in [0.5, 0.6) is 17.6 Å². The summed E-state index contributed by atoms with van der Waals surface area (Å²) in [5.74, 6) is 2.77. The summed E-state index contributed by atoms with van der Waals surface area (Å²) in [7, 11) is -12.8. The molecule has 9 aromatic rings. The average Bonchev–Trinajstić information content (AvgIpc) is 1.61. The second-order valence-electron chi connectivity index (χ2n) is 39.3. The number of anilines is 4. The monoisotopic (exact) mass is 1900 g/mol. The molecule has 5 aliphatic carbocycles. The molecule has 5 saturated carbocycles. The van der Waals surface area contributed by atoms with Gasteiger partial charge in [-0.1, -0.05) is 89.9 Å². The van der Waals surface area contributed by atoms with Crippen molar-refractivity contribution in [2.24, 2.45) is 44.8 Å². The Morgan fingerprint density at radius 1 is 0.550 bits per heavy atom. The van der Waals surface area contributed by atoms with Crippen molar-refractivity contribution in [3.63, 3.8) is 0 Å². The van der Waals surface area contributed by atoms with Crippen LogP contribution in [0.25, 0.3) is 17.5 Å². The molecule has 0 aromatic carbocycles. The zero-order chi connectivity index (χ0) is 93.5. The molecule has 34 nitrogen and oxygen atoms in total. The first-order valence-electron chi connectivity index (χ1n) is 44.9. The van der Waals surface area contributed by atoms with Gasteiger partial charge in [0, 0.05) is 74.9 Å². The van der Waals surface area contributed by atoms with Crippen molar-refractivity contribution in [2.75, 3.05) is 66.8 Å². The molecule has 39 heteroatoms. The van der Waals surface area contributed by atoms with Crippen LogP contribution in [0.1, 0.15) is 235 Å². The minimum atomic E-state index is -4.28. The quantitative estimate of drug-likeness (QED) is 0.0137. The lowest BCUT2D eigenvalue weighted by molar-refractivity contribution is -0.122. The van der Waals surface area contributed by atoms with Crippen molar-refractivity contribution in [1.29, 1.82) is 0 Å². The fraction of sp³-hybridized carbons (Fsp3) is 0.533. The van der Waals surface area contributed by atoms with E-state index in [4.69, 9.17) is 42.4 Å². The average molecular weight is 1900 g/mol. The van der Waals surface area contributed by atoms with E-state index in [9.17, 15) is 54.6 Å². The number of amides is 3. The first-order valence-corrected chi connectivity index (χ1v) is 50.1. The number of fused-ring (bicyclic) bond motifs is 6. The lowest BCUT2D eigenvalue weighted by Crippen LogP contribution is -2.41. The number of ether oxygens (including phenoxy) is 3. The summed E-state index contributed by atoms with van der Waals surface area (Å²) in [6.07, 6.45) is 26.6. The summed E-state index contributed by atoms with van der Waals surface area (Å²) in [5.41, 5.74) is 0.940. The van der Waals surface area contributed by atoms with Gasteiger partial charge in [-0.3, -0.25) is 19.2 Å². The second kappa shape index (κ2) is 40.2. The van der Waals surface area contributed by atoms with Gasteiger partial charge < -0.3 is 45.3 Å². The van der Waals surface area contributed by atoms with Gasteiger partial charge in [-0.05, 0) is 266 Å². The fourth-order valence-corrected chi connectivity index (χ4v) is 20.8. The maximum Gasteiger partial charge on any atom is 0.281 e. The molecule has 8 N–H and O–H groups in total. The summed E-state index contributed by atoms with van der Waals surface area (Å²) in [6.45, 7) is 22.8. The Bertz CT molecular complexity index is 5980. The Morgan fingerprint density at radius 3 is 1.48 bits per heavy atom. The van der Waals surface area contributed by atoms with Gasteiger partial charge in [0.15, 0.2) is 38.3 Å². The lowest BCUT2D eigenvalue weighted by Gasteiger charge is -2.34. The molecule has 5 atom stereocenters. The normalized spacial score (nSPS) is 20.2. The summed E-state index contributed by atoms with van der Waals surface area (Å²) in [5, 5.41) is 42.0. The highest BCUT2D eigenvalue weighted by Gasteiger charge is 2.44. The highest BCUT2D eigenvalue weighted by molar-refractivity contribution is 7.90. The highest BCUT2D eigenvalue weighted by atomic mass is 35.5. The smallest absolute Gasteiger partial charge is 0.281 e. The molecule has 9 aromatic heterocycles. The molecule has 11 heterocycles. The van der Waals surface area contributed by atoms with E-state index in [0.29, 0.717) is 109 Å². The molecular weight excluding hydrogens is 1780 g/mol. The number of hydrogen-bond donors (Lipinski definition) is 8. The Hall–Kier alpha value is -10.4. The molecule has 1 saturated heterocycles. The number of aliphatic hydroxyl groups excluding tert-OH is 2. The zero-order valence-corrected chi connectivity index (χ0v) is 79.5. The molecule has 6 fully saturated rings. The Kier molecular flexibility index (Phi) is 29.6. The van der Waals surface area contributed by atoms with E-state index in [2.05, 4.69) is 128 Å². The number of aromatic nitrogens is 12. The summed E-state index contributed by atoms with van der Waals surface area (Å²) >= 11 is 12.6. The van der Waals surface area contributed by atoms with Crippen LogP contribution in [0.4, 0.5) is 23.3 Å². The number of carbonyl (C=O) groups excluding carboxylic acids is 4. The molecule has 0 spiro atoms. The third-order valence-corrected chi connectivity index (χ3v) is 29.9. The van der Waals surface area contributed by atoms with Gasteiger partial charge in [-0.2, -0.15) is 25.3 Å². The SMILES string of the molecule is CC1(C)CC[C@@H](CCCNc2cccc(S(=O)(=O)NC(=O)c3ccc(-n4ccc(OCC(=O)CC5(C)CC5)n4)nc3Cl)n2)C1.CC1(C)CC[C@@H](CCCNc2cccc(S(=O)(=O)NC(=O)c3ccc(-n4ccc(OCC(O)CC5(C)CC5)n4)nc3Cl)n2)C1.CC1(CC(O)COc2ccn(-c3ccc4c(n3)N3CC(CCCNc5cccc(n5)S(=O)(=O)NC4=O)CC3(C)C)n2)CC1. The lowest BCUT2D eigenvalue weighted by atomic mass is 9.89. The number of sulfonamides is 3. The number of halogens is 2. The van der Waals surface area contributed by atoms with Gasteiger partial charge in [-0.25, -0.2) is 58.1 Å². The van der Waals surface area contributed by atoms with Crippen molar-refractivity contribution >= 4 is 100 Å². The van der Waals surface area contributed by atoms with Crippen LogP contribution in [-0.2, 0) is 34.9 Å². The van der Waals surface area contributed by atoms with Crippen LogP contribution in [0.3, 0.4) is 0 Å². The van der Waals surface area contributed by atoms with Gasteiger partial charge in [0.1, 0.15) is 53.4 Å². The van der Waals surface area contributed by atoms with Gasteiger partial charge in [-0.15, -0.1) is 15.3 Å². The standard InChI is InChI=1S/C31H41ClN6O5S.C31H39ClN6O5S.C30H39N7O5S/c2*1-30(2)13-11-21(18-30)6-5-16-33-24-7-4-8-27(34-24)44(41,42)37-29(40)23-9-10-25(35-28(23)32)38-17-12-26(36-38)43-20-22(39)19-31(3)14-15-31;1-29(2)16-20-6-5-14-31-23-7-4-8-26(32-23)43(40,41)35-28(39)22-9-10-24(33-27(22)36(29)18-20)37-15-11-25(34-37)42-19-21(38)17-30(3)12-13-30/h4,7-10,12,17,21-22,39H,5-6,11,13-16,18-20H2,1-3H3,(H,33,34)(H,37,40);4,7-10,12,17,21H,5-6,11,13-16,18-20H2,1-3H3,(H,33,34)(H,37,40);4,7-11,15,20-21,38H,5-6,12-14,16-19H2,1-3H3,(H,31,32)(H,35,39)/t21-,22?;21-;/m11./s1. The van der Waals surface area contributed by atoms with E-state index in [1.165, 1.54) is 90.4 Å². The van der Waals surface area contributed by atoms with E-state index in [0.717, 1.165) is 95.3 Å². The Labute approximate surface area is 775 Å². The minimum Gasteiger partial charge on any atom is -0.474 e. The van der Waals surface area contributed by atoms with E-state index in [-0.39, 0.29) is 101 Å². The van der Waals surface area contributed by atoms with Crippen LogP contribution in [0.15, 0.2) is 143 Å². The van der Waals surface area contributed by atoms with Gasteiger partial charge in [0.25, 0.3) is 47.8 Å². The number of nitrogens with zero attached hydrogens (tertiary/aromatic N) is 13. The molecule has 4 bridgehead atoms. The highest BCUT2D eigenvalue weighted by Crippen LogP contribution is 2.51. The Balaban J connectivity index is 0.000000158. The van der Waals surface area contributed by atoms with Crippen LogP contribution >= 0.6 is 23.2 Å². The van der Waals surface area contributed by atoms with Crippen molar-refractivity contribution < 1.29 is 68.9 Å². The maximum atomic E-state index is 13.6. The predicted molar refractivity (Wildman–Crippen MR) is 495 cm³/mol. The zero-order valence-electron chi connectivity index (χ0n) is 75.5. The van der Waals surface area contributed by atoms with Gasteiger partial charge in [0.2, 0.25) is 17.6 Å². The largest absolute Gasteiger partial charge is 0.474 e. The number of aliphatic hydroxyl groups is 2. The number of hydrogen-bond acceptors (Lipinski definition) is 28. The number of nitrogens with one attached hydrogen (secondary N) is 6. The van der Waals surface area contributed by atoms with E-state index >= 15 is 0 Å². The fourth-order valence-electron chi connectivity index (χ4n) is 17.6. The third-order valence-electron chi connectivity index (χ3n) is 25.6. The third kappa shape index (κ3) is 26.5. The molecule has 3 unspecified atom stereocenters. The topological polar surface area (TPSA) is 445 Å². The molecule has 16 rings (SSSR count). The molecule has 7 aliphatic rings. The van der Waals surface area contributed by atoms with Gasteiger partial charge in [0.05, 0.1) is 28.9 Å². The summed E-state index contributed by atoms with van der Waals surface area (Å²) < 4.78 is 106. The van der Waals surface area contributed by atoms with E-state index < -0.39 is 60.0 Å². The minimum absolute atomic E-state index is 0.0167. The Morgan fingerprint density at radius 2 is 1.02 bits per heavy atom. The van der Waals surface area contributed by atoms with Crippen molar-refractivity contribution in [3.8, 4) is 35.1 Å². The van der Waals surface area contributed by atoms with Crippen molar-refractivity contribution in [1.82, 2.24) is 73.4 Å². The number of ketones is 1. The van der Waals surface area contributed by atoms with Crippen molar-refractivity contribution in [2.45, 2.75) is 236 Å². The summed E-state index contributed by atoms with van der Waals surface area (Å²) in [4.78, 5) is 79.5. The van der Waals surface area contributed by atoms with Crippen LogP contribution in [0, 0.1) is 44.8 Å². The number of Topliss-reactive ketones (excluding diaryl/α,β-unsaturated/α-hetero) is 1. The molecule has 704 valence electrons. The first-order chi connectivity index (χ1) is 62.0. The van der Waals surface area contributed by atoms with Crippen LogP contribution in [0.2, 0.25) is 10.3 Å². The van der Waals surface area contributed by atoms with Crippen molar-refractivity contribution in [3.05, 3.63) is 155 Å². The molecule has 0 radical (unpaired) electrons. The molecule has 131 heavy (non-hydrogen) atoms.